The second kappa shape index (κ2) is 4.94. The number of para-hydroxylation sites is 1. The van der Waals surface area contributed by atoms with Gasteiger partial charge in [0.15, 0.2) is 0 Å². The molecule has 20 heavy (non-hydrogen) atoms. The van der Waals surface area contributed by atoms with Crippen LogP contribution in [0.2, 0.25) is 0 Å². The van der Waals surface area contributed by atoms with E-state index in [4.69, 9.17) is 5.73 Å². The van der Waals surface area contributed by atoms with Gasteiger partial charge in [0.1, 0.15) is 5.82 Å². The van der Waals surface area contributed by atoms with Crippen LogP contribution in [0.15, 0.2) is 47.4 Å². The lowest BCUT2D eigenvalue weighted by Gasteiger charge is -2.11. The summed E-state index contributed by atoms with van der Waals surface area (Å²) in [7, 11) is 0. The molecular formula is C15H16N4O. The molecule has 0 aliphatic heterocycles. The van der Waals surface area contributed by atoms with Crippen LogP contribution < -0.4 is 11.3 Å². The van der Waals surface area contributed by atoms with Crippen molar-refractivity contribution in [2.45, 2.75) is 19.5 Å². The van der Waals surface area contributed by atoms with Crippen LogP contribution in [-0.4, -0.2) is 14.5 Å². The maximum Gasteiger partial charge on any atom is 0.258 e. The highest BCUT2D eigenvalue weighted by Crippen LogP contribution is 2.12. The number of nitrogens with two attached hydrogens (primary N) is 1. The van der Waals surface area contributed by atoms with Crippen molar-refractivity contribution in [2.24, 2.45) is 5.73 Å². The van der Waals surface area contributed by atoms with Crippen LogP contribution in [0.5, 0.6) is 0 Å². The molecule has 3 rings (SSSR count). The molecule has 0 saturated heterocycles. The van der Waals surface area contributed by atoms with Gasteiger partial charge >= 0.3 is 0 Å². The average Bonchev–Trinajstić information content (AvgIpc) is 2.87. The molecule has 3 N–H and O–H groups in total. The van der Waals surface area contributed by atoms with Gasteiger partial charge in [0, 0.05) is 17.9 Å². The number of nitrogens with one attached hydrogen (secondary N) is 1. The molecule has 0 fully saturated rings. The Morgan fingerprint density at radius 1 is 1.30 bits per heavy atom. The van der Waals surface area contributed by atoms with Gasteiger partial charge in [0.25, 0.3) is 5.56 Å². The summed E-state index contributed by atoms with van der Waals surface area (Å²) in [6, 6.07) is 11.2. The van der Waals surface area contributed by atoms with Gasteiger partial charge in [-0.2, -0.15) is 0 Å². The Bertz CT molecular complexity index is 801. The monoisotopic (exact) mass is 268 g/mol. The Kier molecular flexibility index (Phi) is 3.12. The Labute approximate surface area is 116 Å². The zero-order chi connectivity index (χ0) is 14.1. The average molecular weight is 268 g/mol. The van der Waals surface area contributed by atoms with E-state index in [0.29, 0.717) is 23.3 Å². The molecule has 102 valence electrons. The molecule has 5 heteroatoms. The quantitative estimate of drug-likeness (QED) is 0.760. The van der Waals surface area contributed by atoms with Crippen LogP contribution in [0, 0.1) is 0 Å². The number of aromatic nitrogens is 3. The summed E-state index contributed by atoms with van der Waals surface area (Å²) in [4.78, 5) is 19.3. The normalized spacial score (nSPS) is 12.7. The van der Waals surface area contributed by atoms with E-state index < -0.39 is 0 Å². The molecule has 0 saturated carbocycles. The van der Waals surface area contributed by atoms with E-state index in [1.54, 1.807) is 6.07 Å². The van der Waals surface area contributed by atoms with E-state index in [1.165, 1.54) is 0 Å². The largest absolute Gasteiger partial charge is 0.342 e. The molecule has 3 aromatic rings. The number of nitrogens with zero attached hydrogens (tertiary/aromatic N) is 2. The lowest BCUT2D eigenvalue weighted by Crippen LogP contribution is -2.17. The number of benzene rings is 1. The Morgan fingerprint density at radius 3 is 2.90 bits per heavy atom. The lowest BCUT2D eigenvalue weighted by atomic mass is 10.2. The van der Waals surface area contributed by atoms with Crippen LogP contribution >= 0.6 is 0 Å². The minimum atomic E-state index is -0.111. The van der Waals surface area contributed by atoms with Crippen molar-refractivity contribution < 1.29 is 0 Å². The fourth-order valence-corrected chi connectivity index (χ4v) is 2.36. The fourth-order valence-electron chi connectivity index (χ4n) is 2.36. The van der Waals surface area contributed by atoms with Crippen molar-refractivity contribution in [3.05, 3.63) is 64.5 Å². The molecule has 1 atom stereocenters. The molecule has 2 aromatic heterocycles. The number of aromatic amines is 1. The maximum absolute atomic E-state index is 12.0. The summed E-state index contributed by atoms with van der Waals surface area (Å²) in [6.07, 6.45) is 1.94. The van der Waals surface area contributed by atoms with Crippen molar-refractivity contribution in [3.63, 3.8) is 0 Å². The zero-order valence-corrected chi connectivity index (χ0v) is 11.2. The Hall–Kier alpha value is -2.40. The third kappa shape index (κ3) is 2.23. The molecule has 0 bridgehead atoms. The van der Waals surface area contributed by atoms with E-state index in [1.807, 2.05) is 48.0 Å². The van der Waals surface area contributed by atoms with Crippen LogP contribution in [0.3, 0.4) is 0 Å². The third-order valence-corrected chi connectivity index (χ3v) is 3.31. The first-order chi connectivity index (χ1) is 9.65. The van der Waals surface area contributed by atoms with Crippen LogP contribution in [-0.2, 0) is 6.54 Å². The maximum atomic E-state index is 12.0. The molecule has 5 nitrogen and oxygen atoms in total. The van der Waals surface area contributed by atoms with Gasteiger partial charge in [-0.25, -0.2) is 4.98 Å². The predicted molar refractivity (Wildman–Crippen MR) is 78.5 cm³/mol. The van der Waals surface area contributed by atoms with Gasteiger partial charge < -0.3 is 15.3 Å². The first-order valence-corrected chi connectivity index (χ1v) is 6.53. The van der Waals surface area contributed by atoms with E-state index in [9.17, 15) is 4.79 Å². The summed E-state index contributed by atoms with van der Waals surface area (Å²) < 4.78 is 2.00. The van der Waals surface area contributed by atoms with Crippen LogP contribution in [0.4, 0.5) is 0 Å². The SMILES string of the molecule is CC(N)c1cccn1Cc1nc2ccccc2c(=O)[nH]1. The first kappa shape index (κ1) is 12.6. The van der Waals surface area contributed by atoms with Crippen molar-refractivity contribution in [2.75, 3.05) is 0 Å². The van der Waals surface area contributed by atoms with E-state index in [-0.39, 0.29) is 11.6 Å². The molecule has 0 spiro atoms. The topological polar surface area (TPSA) is 76.7 Å². The van der Waals surface area contributed by atoms with Gasteiger partial charge in [0.2, 0.25) is 0 Å². The van der Waals surface area contributed by atoms with Crippen LogP contribution in [0.1, 0.15) is 24.5 Å². The lowest BCUT2D eigenvalue weighted by molar-refractivity contribution is 0.656. The molecule has 0 aliphatic rings. The number of hydrogen-bond donors (Lipinski definition) is 2. The summed E-state index contributed by atoms with van der Waals surface area (Å²) in [5, 5.41) is 0.608. The van der Waals surface area contributed by atoms with Gasteiger partial charge in [-0.3, -0.25) is 4.79 Å². The van der Waals surface area contributed by atoms with Gasteiger partial charge in [-0.05, 0) is 31.2 Å². The van der Waals surface area contributed by atoms with Crippen molar-refractivity contribution >= 4 is 10.9 Å². The molecule has 0 aliphatic carbocycles. The minimum Gasteiger partial charge on any atom is -0.342 e. The first-order valence-electron chi connectivity index (χ1n) is 6.53. The summed E-state index contributed by atoms with van der Waals surface area (Å²) in [6.45, 7) is 2.44. The summed E-state index contributed by atoms with van der Waals surface area (Å²) in [5.41, 5.74) is 7.53. The fraction of sp³-hybridized carbons (Fsp3) is 0.200. The Balaban J connectivity index is 2.03. The van der Waals surface area contributed by atoms with Crippen LogP contribution in [0.25, 0.3) is 10.9 Å². The highest BCUT2D eigenvalue weighted by Gasteiger charge is 2.08. The molecule has 0 radical (unpaired) electrons. The van der Waals surface area contributed by atoms with Gasteiger partial charge in [0.05, 0.1) is 17.4 Å². The Morgan fingerprint density at radius 2 is 2.10 bits per heavy atom. The van der Waals surface area contributed by atoms with Crippen molar-refractivity contribution in [1.82, 2.24) is 14.5 Å². The molecule has 0 amide bonds. The third-order valence-electron chi connectivity index (χ3n) is 3.31. The summed E-state index contributed by atoms with van der Waals surface area (Å²) >= 11 is 0. The molecule has 1 aromatic carbocycles. The number of fused-ring (bicyclic) bond motifs is 1. The van der Waals surface area contributed by atoms with E-state index >= 15 is 0 Å². The van der Waals surface area contributed by atoms with E-state index in [0.717, 1.165) is 5.69 Å². The number of H-pyrrole nitrogens is 1. The second-order valence-corrected chi connectivity index (χ2v) is 4.88. The second-order valence-electron chi connectivity index (χ2n) is 4.88. The molecule has 1 unspecified atom stereocenters. The highest BCUT2D eigenvalue weighted by atomic mass is 16.1. The predicted octanol–water partition coefficient (Wildman–Crippen LogP) is 1.79. The standard InChI is InChI=1S/C15H16N4O/c1-10(16)13-7-4-8-19(13)9-14-17-12-6-3-2-5-11(12)15(20)18-14/h2-8,10H,9,16H2,1H3,(H,17,18,20). The van der Waals surface area contributed by atoms with Crippen molar-refractivity contribution in [3.8, 4) is 0 Å². The molecule has 2 heterocycles. The van der Waals surface area contributed by atoms with Gasteiger partial charge in [-0.1, -0.05) is 12.1 Å². The summed E-state index contributed by atoms with van der Waals surface area (Å²) in [5.74, 6) is 0.631. The smallest absolute Gasteiger partial charge is 0.258 e. The van der Waals surface area contributed by atoms with Gasteiger partial charge in [-0.15, -0.1) is 0 Å². The van der Waals surface area contributed by atoms with E-state index in [2.05, 4.69) is 9.97 Å². The number of hydrogen-bond acceptors (Lipinski definition) is 3. The molecular weight excluding hydrogens is 252 g/mol. The number of rotatable bonds is 3. The highest BCUT2D eigenvalue weighted by molar-refractivity contribution is 5.77. The minimum absolute atomic E-state index is 0.0582. The van der Waals surface area contributed by atoms with Crippen molar-refractivity contribution in [1.29, 1.82) is 0 Å². The zero-order valence-electron chi connectivity index (χ0n) is 11.2.